The van der Waals surface area contributed by atoms with Gasteiger partial charge in [-0.1, -0.05) is 38.5 Å². The average molecular weight is 733 g/mol. The third-order valence-corrected chi connectivity index (χ3v) is 18.4. The van der Waals surface area contributed by atoms with Gasteiger partial charge >= 0.3 is 0 Å². The first-order chi connectivity index (χ1) is 26.4. The number of rotatable bonds is 0. The van der Waals surface area contributed by atoms with Gasteiger partial charge in [-0.3, -0.25) is 30.0 Å². The van der Waals surface area contributed by atoms with Crippen LogP contribution in [0.2, 0.25) is 0 Å². The van der Waals surface area contributed by atoms with Gasteiger partial charge in [0.2, 0.25) is 0 Å². The molecule has 12 fully saturated rings. The molecule has 7 heterocycles. The fourth-order valence-corrected chi connectivity index (χ4v) is 13.7. The molecule has 0 saturated heterocycles. The monoisotopic (exact) mass is 733 g/mol. The third-order valence-electron chi connectivity index (χ3n) is 18.4. The highest BCUT2D eigenvalue weighted by atomic mass is 14.9. The van der Waals surface area contributed by atoms with Crippen molar-refractivity contribution in [2.45, 2.75) is 229 Å². The van der Waals surface area contributed by atoms with Crippen molar-refractivity contribution in [3.8, 4) is 0 Å². The van der Waals surface area contributed by atoms with E-state index in [9.17, 15) is 0 Å². The van der Waals surface area contributed by atoms with Crippen LogP contribution < -0.4 is 0 Å². The molecule has 19 rings (SSSR count). The molecule has 0 unspecified atom stereocenters. The van der Waals surface area contributed by atoms with Crippen molar-refractivity contribution in [3.05, 3.63) is 0 Å². The van der Waals surface area contributed by atoms with Gasteiger partial charge in [-0.05, 0) is 154 Å². The van der Waals surface area contributed by atoms with Crippen molar-refractivity contribution in [1.29, 1.82) is 0 Å². The number of aliphatic imine (C=N–C) groups is 6. The van der Waals surface area contributed by atoms with Crippen LogP contribution in [0.25, 0.3) is 0 Å². The fraction of sp³-hybridized carbons (Fsp3) is 0.875. The molecule has 12 aliphatic carbocycles. The van der Waals surface area contributed by atoms with Crippen molar-refractivity contribution < 1.29 is 0 Å². The molecule has 6 nitrogen and oxygen atoms in total. The van der Waals surface area contributed by atoms with E-state index in [2.05, 4.69) is 37.3 Å². The Morgan fingerprint density at radius 2 is 0.352 bits per heavy atom. The lowest BCUT2D eigenvalue weighted by atomic mass is 9.54. The predicted molar refractivity (Wildman–Crippen MR) is 227 cm³/mol. The van der Waals surface area contributed by atoms with E-state index in [1.54, 1.807) is 0 Å². The van der Waals surface area contributed by atoms with E-state index in [1.165, 1.54) is 193 Å². The number of hydrogen-bond donors (Lipinski definition) is 0. The van der Waals surface area contributed by atoms with E-state index in [-0.39, 0.29) is 0 Å². The molecule has 0 N–H and O–H groups in total. The van der Waals surface area contributed by atoms with Gasteiger partial charge in [0.25, 0.3) is 0 Å². The van der Waals surface area contributed by atoms with Crippen LogP contribution in [0.1, 0.15) is 193 Å². The van der Waals surface area contributed by atoms with Crippen molar-refractivity contribution in [3.63, 3.8) is 0 Å². The SMILES string of the molecule is C1=N[C@@H]2CCCC[C@H]2N=CC23CCC(C=N[C@@H]4CCCC[C@H]4N=CC45CCC(C=N[C@@H]6CCCC[C@H]6N=CC67CCC1(CC6)CC7)(CC4)CC5)(CC2)CC3. The lowest BCUT2D eigenvalue weighted by Crippen LogP contribution is -2.45. The van der Waals surface area contributed by atoms with Crippen LogP contribution in [-0.4, -0.2) is 73.5 Å². The summed E-state index contributed by atoms with van der Waals surface area (Å²) in [6.45, 7) is 0. The maximum atomic E-state index is 5.48. The molecule has 7 aliphatic heterocycles. The molecule has 0 amide bonds. The zero-order valence-electron chi connectivity index (χ0n) is 33.8. The molecule has 0 aromatic heterocycles. The summed E-state index contributed by atoms with van der Waals surface area (Å²) in [5.74, 6) is 0. The van der Waals surface area contributed by atoms with E-state index in [0.29, 0.717) is 68.7 Å². The Morgan fingerprint density at radius 1 is 0.222 bits per heavy atom. The normalized spacial score (nSPS) is 50.2. The summed E-state index contributed by atoms with van der Waals surface area (Å²) < 4.78 is 0. The predicted octanol–water partition coefficient (Wildman–Crippen LogP) is 11.4. The summed E-state index contributed by atoms with van der Waals surface area (Å²) in [6, 6.07) is 2.30. The van der Waals surface area contributed by atoms with Gasteiger partial charge in [-0.2, -0.15) is 0 Å². The summed E-state index contributed by atoms with van der Waals surface area (Å²) >= 11 is 0. The first kappa shape index (κ1) is 36.4. The molecule has 6 heteroatoms. The first-order valence-corrected chi connectivity index (χ1v) is 23.6. The molecule has 294 valence electrons. The lowest BCUT2D eigenvalue weighted by molar-refractivity contribution is 0.0916. The van der Waals surface area contributed by atoms with Crippen LogP contribution in [0.15, 0.2) is 30.0 Å². The van der Waals surface area contributed by atoms with Crippen molar-refractivity contribution in [2.75, 3.05) is 0 Å². The lowest BCUT2D eigenvalue weighted by Gasteiger charge is -2.51. The second-order valence-corrected chi connectivity index (χ2v) is 21.6. The molecule has 0 spiro atoms. The summed E-state index contributed by atoms with van der Waals surface area (Å²) in [6.07, 6.45) is 53.4. The Bertz CT molecular complexity index is 1180. The molecule has 12 saturated carbocycles. The summed E-state index contributed by atoms with van der Waals surface area (Å²) in [7, 11) is 0. The van der Waals surface area contributed by atoms with E-state index < -0.39 is 0 Å². The van der Waals surface area contributed by atoms with Crippen LogP contribution in [-0.2, 0) is 0 Å². The zero-order valence-corrected chi connectivity index (χ0v) is 33.8. The highest BCUT2D eigenvalue weighted by molar-refractivity contribution is 5.74. The van der Waals surface area contributed by atoms with Crippen molar-refractivity contribution >= 4 is 37.3 Å². The topological polar surface area (TPSA) is 74.2 Å². The van der Waals surface area contributed by atoms with Crippen LogP contribution >= 0.6 is 0 Å². The summed E-state index contributed by atoms with van der Waals surface area (Å²) in [5, 5.41) is 0. The fourth-order valence-electron chi connectivity index (χ4n) is 13.7. The maximum Gasteiger partial charge on any atom is 0.0719 e. The quantitative estimate of drug-likeness (QED) is 0.238. The zero-order chi connectivity index (χ0) is 36.2. The number of hydrogen-bond acceptors (Lipinski definition) is 6. The van der Waals surface area contributed by atoms with Gasteiger partial charge in [-0.15, -0.1) is 0 Å². The van der Waals surface area contributed by atoms with E-state index in [0.717, 1.165) is 0 Å². The second kappa shape index (κ2) is 14.4. The minimum absolute atomic E-state index is 0.316. The average Bonchev–Trinajstić information content (AvgIpc) is 3.25. The van der Waals surface area contributed by atoms with Gasteiger partial charge in [0.1, 0.15) is 0 Å². The molecular formula is C48H72N6. The van der Waals surface area contributed by atoms with Gasteiger partial charge in [0.15, 0.2) is 0 Å². The Hall–Kier alpha value is -1.98. The first-order valence-electron chi connectivity index (χ1n) is 23.6. The van der Waals surface area contributed by atoms with Crippen LogP contribution in [0.3, 0.4) is 0 Å². The Morgan fingerprint density at radius 3 is 0.481 bits per heavy atom. The molecule has 0 radical (unpaired) electrons. The second-order valence-electron chi connectivity index (χ2n) is 21.6. The summed E-state index contributed by atoms with van der Waals surface area (Å²) in [5.41, 5.74) is 1.89. The highest BCUT2D eigenvalue weighted by Gasteiger charge is 2.50. The Kier molecular flexibility index (Phi) is 9.73. The molecule has 19 aliphatic rings. The minimum atomic E-state index is 0.316. The van der Waals surface area contributed by atoms with Gasteiger partial charge < -0.3 is 0 Å². The van der Waals surface area contributed by atoms with Crippen molar-refractivity contribution in [1.82, 2.24) is 0 Å². The molecule has 0 aromatic rings. The minimum Gasteiger partial charge on any atom is -0.291 e. The molecule has 6 bridgehead atoms. The highest BCUT2D eigenvalue weighted by Crippen LogP contribution is 2.58. The Labute approximate surface area is 327 Å². The number of nitrogens with zero attached hydrogens (tertiary/aromatic N) is 6. The van der Waals surface area contributed by atoms with Crippen LogP contribution in [0.4, 0.5) is 0 Å². The van der Waals surface area contributed by atoms with Gasteiger partial charge in [-0.25, -0.2) is 0 Å². The van der Waals surface area contributed by atoms with Crippen LogP contribution in [0.5, 0.6) is 0 Å². The van der Waals surface area contributed by atoms with E-state index in [4.69, 9.17) is 30.0 Å². The smallest absolute Gasteiger partial charge is 0.0719 e. The molecular weight excluding hydrogens is 661 g/mol. The molecule has 6 atom stereocenters. The van der Waals surface area contributed by atoms with E-state index >= 15 is 0 Å². The van der Waals surface area contributed by atoms with Gasteiger partial charge in [0, 0.05) is 69.8 Å². The van der Waals surface area contributed by atoms with Gasteiger partial charge in [0.05, 0.1) is 36.3 Å². The maximum absolute atomic E-state index is 5.48. The molecule has 54 heavy (non-hydrogen) atoms. The largest absolute Gasteiger partial charge is 0.291 e. The standard InChI is InChI=1S/C48H72N6/c1-2-8-38-37(7-1)49-31-43-13-16-45(17-14-43,18-15-43)33-51-39-9-3-4-10-40(39)53-35-47-25-28-48(29-26-47,30-27-47)36-54-42-12-6-5-11-41(42)52-34-46-22-19-44(20-23-46,21-24-46)32-50-38/h31-42H,1-30H2/t37-,38-,39-,40-,41-,42-,43?,44?,45?,46?,47?,48?/m1/s1. The third kappa shape index (κ3) is 7.11. The van der Waals surface area contributed by atoms with Crippen molar-refractivity contribution in [2.24, 2.45) is 62.4 Å². The van der Waals surface area contributed by atoms with E-state index in [1.807, 2.05) is 0 Å². The Balaban J connectivity index is 0.909. The summed E-state index contributed by atoms with van der Waals surface area (Å²) in [4.78, 5) is 32.9. The van der Waals surface area contributed by atoms with Crippen LogP contribution in [0, 0.1) is 32.5 Å². The molecule has 0 aromatic carbocycles.